The van der Waals surface area contributed by atoms with Gasteiger partial charge in [0.2, 0.25) is 0 Å². The van der Waals surface area contributed by atoms with Gasteiger partial charge in [0.15, 0.2) is 0 Å². The van der Waals surface area contributed by atoms with E-state index in [1.807, 2.05) is 6.92 Å². The van der Waals surface area contributed by atoms with E-state index in [0.29, 0.717) is 12.4 Å². The van der Waals surface area contributed by atoms with E-state index in [-0.39, 0.29) is 24.2 Å². The van der Waals surface area contributed by atoms with E-state index in [1.165, 1.54) is 12.4 Å². The lowest BCUT2D eigenvalue weighted by Crippen LogP contribution is -2.14. The largest absolute Gasteiger partial charge is 0.299 e. The number of hydrogen-bond acceptors (Lipinski definition) is 3. The second kappa shape index (κ2) is 6.36. The van der Waals surface area contributed by atoms with Crippen molar-refractivity contribution in [2.75, 3.05) is 0 Å². The molecule has 20 heavy (non-hydrogen) atoms. The first kappa shape index (κ1) is 14.3. The molecule has 0 saturated heterocycles. The van der Waals surface area contributed by atoms with Crippen molar-refractivity contribution in [2.45, 2.75) is 32.7 Å². The molecule has 1 aromatic heterocycles. The Labute approximate surface area is 115 Å². The monoisotopic (exact) mass is 279 g/mol. The van der Waals surface area contributed by atoms with Gasteiger partial charge in [-0.25, -0.2) is 18.4 Å². The zero-order valence-corrected chi connectivity index (χ0v) is 11.1. The molecule has 2 rings (SSSR count). The van der Waals surface area contributed by atoms with Gasteiger partial charge in [0.25, 0.3) is 0 Å². The molecule has 0 aliphatic heterocycles. The first-order chi connectivity index (χ1) is 9.61. The number of Topliss-reactive ketones (excluding diaryl/α,β-unsaturated/α-hetero) is 1. The average molecular weight is 279 g/mol. The van der Waals surface area contributed by atoms with Crippen LogP contribution >= 0.6 is 0 Å². The molecule has 0 unspecified atom stereocenters. The molecule has 106 valence electrons. The summed E-state index contributed by atoms with van der Waals surface area (Å²) in [4.78, 5) is 15.9. The Morgan fingerprint density at radius 3 is 2.60 bits per heavy atom. The van der Waals surface area contributed by atoms with Crippen LogP contribution in [0, 0.1) is 11.6 Å². The first-order valence-electron chi connectivity index (χ1n) is 6.43. The van der Waals surface area contributed by atoms with Gasteiger partial charge < -0.3 is 0 Å². The third kappa shape index (κ3) is 3.26. The van der Waals surface area contributed by atoms with Crippen molar-refractivity contribution in [3.8, 4) is 0 Å². The molecule has 0 aliphatic carbocycles. The van der Waals surface area contributed by atoms with Crippen LogP contribution in [0.5, 0.6) is 0 Å². The summed E-state index contributed by atoms with van der Waals surface area (Å²) < 4.78 is 28.6. The Morgan fingerprint density at radius 1 is 1.25 bits per heavy atom. The van der Waals surface area contributed by atoms with E-state index < -0.39 is 11.6 Å². The summed E-state index contributed by atoms with van der Waals surface area (Å²) in [6, 6.07) is 3.56. The number of hydrogen-bond donors (Lipinski definition) is 0. The molecule has 0 amide bonds. The molecule has 0 spiro atoms. The standard InChI is InChI=1S/C14H15F2N3O/c1-2-6-19-14(17-9-18-19)8-10(20)7-11-12(15)4-3-5-13(11)16/h3-5,9H,2,6-8H2,1H3. The molecular formula is C14H15F2N3O. The minimum absolute atomic E-state index is 0.0216. The van der Waals surface area contributed by atoms with Crippen molar-refractivity contribution < 1.29 is 13.6 Å². The number of benzene rings is 1. The van der Waals surface area contributed by atoms with Crippen LogP contribution in [-0.2, 0) is 24.2 Å². The van der Waals surface area contributed by atoms with Crippen LogP contribution in [0.15, 0.2) is 24.5 Å². The Bertz CT molecular complexity index is 590. The first-order valence-corrected chi connectivity index (χ1v) is 6.43. The van der Waals surface area contributed by atoms with Gasteiger partial charge in [0, 0.05) is 18.5 Å². The highest BCUT2D eigenvalue weighted by molar-refractivity contribution is 5.82. The zero-order chi connectivity index (χ0) is 14.5. The number of carbonyl (C=O) groups is 1. The van der Waals surface area contributed by atoms with Gasteiger partial charge in [-0.3, -0.25) is 4.79 Å². The maximum absolute atomic E-state index is 13.5. The quantitative estimate of drug-likeness (QED) is 0.815. The van der Waals surface area contributed by atoms with Gasteiger partial charge in [0.1, 0.15) is 29.6 Å². The molecule has 2 aromatic rings. The van der Waals surface area contributed by atoms with Crippen molar-refractivity contribution in [1.82, 2.24) is 14.8 Å². The number of aryl methyl sites for hydroxylation is 1. The highest BCUT2D eigenvalue weighted by Gasteiger charge is 2.15. The number of halogens is 2. The summed E-state index contributed by atoms with van der Waals surface area (Å²) in [5.41, 5.74) is -0.195. The van der Waals surface area contributed by atoms with Gasteiger partial charge in [-0.2, -0.15) is 5.10 Å². The predicted molar refractivity (Wildman–Crippen MR) is 69.1 cm³/mol. The Morgan fingerprint density at radius 2 is 1.95 bits per heavy atom. The van der Waals surface area contributed by atoms with Gasteiger partial charge in [-0.05, 0) is 18.6 Å². The van der Waals surface area contributed by atoms with Crippen LogP contribution in [0.25, 0.3) is 0 Å². The highest BCUT2D eigenvalue weighted by Crippen LogP contribution is 2.13. The fraction of sp³-hybridized carbons (Fsp3) is 0.357. The van der Waals surface area contributed by atoms with Crippen LogP contribution in [0.2, 0.25) is 0 Å². The SMILES string of the molecule is CCCn1ncnc1CC(=O)Cc1c(F)cccc1F. The topological polar surface area (TPSA) is 47.8 Å². The van der Waals surface area contributed by atoms with Gasteiger partial charge >= 0.3 is 0 Å². The maximum atomic E-state index is 13.5. The highest BCUT2D eigenvalue weighted by atomic mass is 19.1. The molecule has 0 radical (unpaired) electrons. The third-order valence-corrected chi connectivity index (χ3v) is 2.92. The number of aromatic nitrogens is 3. The molecule has 0 saturated carbocycles. The third-order valence-electron chi connectivity index (χ3n) is 2.92. The van der Waals surface area contributed by atoms with Gasteiger partial charge in [-0.1, -0.05) is 13.0 Å². The Hall–Kier alpha value is -2.11. The molecular weight excluding hydrogens is 264 g/mol. The lowest BCUT2D eigenvalue weighted by atomic mass is 10.1. The van der Waals surface area contributed by atoms with E-state index in [4.69, 9.17) is 0 Å². The molecule has 0 fully saturated rings. The molecule has 0 N–H and O–H groups in total. The molecule has 1 aromatic carbocycles. The summed E-state index contributed by atoms with van der Waals surface area (Å²) in [6.45, 7) is 2.65. The van der Waals surface area contributed by atoms with Crippen molar-refractivity contribution in [3.05, 3.63) is 47.5 Å². The Kier molecular flexibility index (Phi) is 4.55. The minimum atomic E-state index is -0.701. The summed E-state index contributed by atoms with van der Waals surface area (Å²) in [7, 11) is 0. The number of carbonyl (C=O) groups excluding carboxylic acids is 1. The van der Waals surface area contributed by atoms with Crippen LogP contribution in [0.4, 0.5) is 8.78 Å². The molecule has 0 bridgehead atoms. The van der Waals surface area contributed by atoms with Crippen LogP contribution in [0.1, 0.15) is 24.7 Å². The maximum Gasteiger partial charge on any atom is 0.145 e. The molecule has 0 atom stereocenters. The zero-order valence-electron chi connectivity index (χ0n) is 11.1. The van der Waals surface area contributed by atoms with Gasteiger partial charge in [-0.15, -0.1) is 0 Å². The van der Waals surface area contributed by atoms with Crippen molar-refractivity contribution >= 4 is 5.78 Å². The summed E-state index contributed by atoms with van der Waals surface area (Å²) >= 11 is 0. The van der Waals surface area contributed by atoms with E-state index in [2.05, 4.69) is 10.1 Å². The van der Waals surface area contributed by atoms with E-state index in [0.717, 1.165) is 18.6 Å². The lowest BCUT2D eigenvalue weighted by molar-refractivity contribution is -0.118. The Balaban J connectivity index is 2.07. The number of ketones is 1. The van der Waals surface area contributed by atoms with E-state index in [1.54, 1.807) is 4.68 Å². The predicted octanol–water partition coefficient (Wildman–Crippen LogP) is 2.32. The summed E-state index contributed by atoms with van der Waals surface area (Å²) in [6.07, 6.45) is 1.99. The second-order valence-electron chi connectivity index (χ2n) is 4.49. The fourth-order valence-corrected chi connectivity index (χ4v) is 1.96. The van der Waals surface area contributed by atoms with Crippen LogP contribution in [0.3, 0.4) is 0 Å². The van der Waals surface area contributed by atoms with Gasteiger partial charge in [0.05, 0.1) is 6.42 Å². The lowest BCUT2D eigenvalue weighted by Gasteiger charge is -2.05. The second-order valence-corrected chi connectivity index (χ2v) is 4.49. The van der Waals surface area contributed by atoms with Crippen molar-refractivity contribution in [3.63, 3.8) is 0 Å². The van der Waals surface area contributed by atoms with E-state index in [9.17, 15) is 13.6 Å². The molecule has 4 nitrogen and oxygen atoms in total. The summed E-state index contributed by atoms with van der Waals surface area (Å²) in [5, 5.41) is 4.01. The minimum Gasteiger partial charge on any atom is -0.299 e. The average Bonchev–Trinajstić information content (AvgIpc) is 2.82. The molecule has 1 heterocycles. The number of rotatable bonds is 6. The molecule has 6 heteroatoms. The fourth-order valence-electron chi connectivity index (χ4n) is 1.96. The van der Waals surface area contributed by atoms with Crippen molar-refractivity contribution in [2.24, 2.45) is 0 Å². The smallest absolute Gasteiger partial charge is 0.145 e. The normalized spacial score (nSPS) is 10.8. The summed E-state index contributed by atoms with van der Waals surface area (Å²) in [5.74, 6) is -1.17. The number of nitrogens with zero attached hydrogens (tertiary/aromatic N) is 3. The van der Waals surface area contributed by atoms with Crippen LogP contribution in [-0.4, -0.2) is 20.5 Å². The van der Waals surface area contributed by atoms with Crippen molar-refractivity contribution in [1.29, 1.82) is 0 Å². The van der Waals surface area contributed by atoms with E-state index >= 15 is 0 Å². The van der Waals surface area contributed by atoms with Crippen LogP contribution < -0.4 is 0 Å². The molecule has 0 aliphatic rings.